The highest BCUT2D eigenvalue weighted by molar-refractivity contribution is 5.47. The zero-order valence-electron chi connectivity index (χ0n) is 21.8. The Labute approximate surface area is 219 Å². The van der Waals surface area contributed by atoms with E-state index in [4.69, 9.17) is 23.7 Å². The van der Waals surface area contributed by atoms with Crippen molar-refractivity contribution in [2.75, 3.05) is 6.61 Å². The Balaban J connectivity index is 1.52. The minimum Gasteiger partial charge on any atom is -0.484 e. The molecule has 0 bridgehead atoms. The molecule has 2 fully saturated rings. The summed E-state index contributed by atoms with van der Waals surface area (Å²) in [7, 11) is 0. The first kappa shape index (κ1) is 25.5. The smallest absolute Gasteiger partial charge is 0.191 e. The number of benzene rings is 3. The summed E-state index contributed by atoms with van der Waals surface area (Å²) in [6.45, 7) is 7.97. The number of allylic oxidation sites excluding steroid dienone is 1. The average molecular weight is 499 g/mol. The van der Waals surface area contributed by atoms with Crippen LogP contribution in [0.3, 0.4) is 0 Å². The van der Waals surface area contributed by atoms with Crippen LogP contribution in [0.5, 0.6) is 0 Å². The molecule has 3 aromatic rings. The molecule has 0 N–H and O–H groups in total. The van der Waals surface area contributed by atoms with Crippen LogP contribution in [-0.2, 0) is 29.3 Å². The predicted molar refractivity (Wildman–Crippen MR) is 142 cm³/mol. The first-order chi connectivity index (χ1) is 17.9. The Bertz CT molecular complexity index is 1130. The highest BCUT2D eigenvalue weighted by Crippen LogP contribution is 2.43. The van der Waals surface area contributed by atoms with Crippen molar-refractivity contribution in [3.8, 4) is 0 Å². The van der Waals surface area contributed by atoms with E-state index in [0.29, 0.717) is 0 Å². The van der Waals surface area contributed by atoms with Gasteiger partial charge in [0.15, 0.2) is 24.3 Å². The molecule has 0 aliphatic carbocycles. The zero-order valence-corrected chi connectivity index (χ0v) is 21.8. The van der Waals surface area contributed by atoms with Crippen LogP contribution in [0.15, 0.2) is 109 Å². The first-order valence-corrected chi connectivity index (χ1v) is 12.7. The molecule has 37 heavy (non-hydrogen) atoms. The lowest BCUT2D eigenvalue weighted by atomic mass is 9.80. The van der Waals surface area contributed by atoms with E-state index in [1.807, 2.05) is 82.3 Å². The van der Waals surface area contributed by atoms with Gasteiger partial charge in [0, 0.05) is 0 Å². The van der Waals surface area contributed by atoms with Crippen molar-refractivity contribution >= 4 is 0 Å². The normalized spacial score (nSPS) is 24.2. The summed E-state index contributed by atoms with van der Waals surface area (Å²) in [5, 5.41) is 0. The van der Waals surface area contributed by atoms with Crippen LogP contribution in [0.2, 0.25) is 0 Å². The van der Waals surface area contributed by atoms with Crippen molar-refractivity contribution < 1.29 is 23.7 Å². The van der Waals surface area contributed by atoms with Gasteiger partial charge in [0.25, 0.3) is 0 Å². The van der Waals surface area contributed by atoms with Gasteiger partial charge < -0.3 is 23.7 Å². The van der Waals surface area contributed by atoms with Crippen molar-refractivity contribution in [2.45, 2.75) is 63.7 Å². The molecule has 2 aliphatic heterocycles. The molecular weight excluding hydrogens is 464 g/mol. The third-order valence-corrected chi connectivity index (χ3v) is 6.67. The Morgan fingerprint density at radius 3 is 1.84 bits per heavy atom. The highest BCUT2D eigenvalue weighted by atomic mass is 16.8. The van der Waals surface area contributed by atoms with Crippen molar-refractivity contribution in [3.05, 3.63) is 125 Å². The van der Waals surface area contributed by atoms with Gasteiger partial charge in [0.1, 0.15) is 18.0 Å². The van der Waals surface area contributed by atoms with Crippen LogP contribution >= 0.6 is 0 Å². The minimum atomic E-state index is -0.855. The molecule has 2 aliphatic rings. The van der Waals surface area contributed by atoms with E-state index in [1.54, 1.807) is 6.26 Å². The van der Waals surface area contributed by atoms with Gasteiger partial charge in [0.05, 0.1) is 6.61 Å². The summed E-state index contributed by atoms with van der Waals surface area (Å²) >= 11 is 0. The number of fused-ring (bicyclic) bond motifs is 1. The molecule has 0 aromatic heterocycles. The Morgan fingerprint density at radius 1 is 0.838 bits per heavy atom. The van der Waals surface area contributed by atoms with Gasteiger partial charge in [-0.2, -0.15) is 0 Å². The van der Waals surface area contributed by atoms with Crippen LogP contribution in [0.25, 0.3) is 0 Å². The van der Waals surface area contributed by atoms with Crippen molar-refractivity contribution in [3.63, 3.8) is 0 Å². The second-order valence-corrected chi connectivity index (χ2v) is 10.1. The second kappa shape index (κ2) is 10.7. The van der Waals surface area contributed by atoms with Crippen molar-refractivity contribution in [1.29, 1.82) is 0 Å². The molecule has 0 amide bonds. The third kappa shape index (κ3) is 5.28. The summed E-state index contributed by atoms with van der Waals surface area (Å²) in [5.41, 5.74) is 6.37. The monoisotopic (exact) mass is 498 g/mol. The van der Waals surface area contributed by atoms with Crippen LogP contribution in [0, 0.1) is 0 Å². The molecule has 5 rings (SSSR count). The highest BCUT2D eigenvalue weighted by Gasteiger charge is 2.56. The van der Waals surface area contributed by atoms with Crippen molar-refractivity contribution in [1.82, 2.24) is 0 Å². The van der Waals surface area contributed by atoms with Gasteiger partial charge in [-0.25, -0.2) is 0 Å². The SMILES string of the molecule is CC(C)=C=CO[C@@H]1[C@H]2OC(C)(C)O[C@H]2O[C@@H]1COC(c1ccccc1)(c1ccccc1)c1ccccc1. The number of hydrogen-bond acceptors (Lipinski definition) is 5. The van der Waals surface area contributed by atoms with Gasteiger partial charge in [0.2, 0.25) is 0 Å². The predicted octanol–water partition coefficient (Wildman–Crippen LogP) is 6.34. The maximum Gasteiger partial charge on any atom is 0.191 e. The average Bonchev–Trinajstić information content (AvgIpc) is 3.37. The molecule has 192 valence electrons. The third-order valence-electron chi connectivity index (χ3n) is 6.67. The Kier molecular flexibility index (Phi) is 7.34. The number of ether oxygens (including phenoxy) is 5. The van der Waals surface area contributed by atoms with Crippen LogP contribution < -0.4 is 0 Å². The summed E-state index contributed by atoms with van der Waals surface area (Å²) in [6, 6.07) is 30.9. The molecule has 0 saturated carbocycles. The van der Waals surface area contributed by atoms with Gasteiger partial charge >= 0.3 is 0 Å². The quantitative estimate of drug-likeness (QED) is 0.206. The van der Waals surface area contributed by atoms with Gasteiger partial charge in [-0.05, 0) is 50.0 Å². The molecule has 4 atom stereocenters. The van der Waals surface area contributed by atoms with Gasteiger partial charge in [-0.3, -0.25) is 0 Å². The van der Waals surface area contributed by atoms with E-state index < -0.39 is 29.9 Å². The van der Waals surface area contributed by atoms with Crippen molar-refractivity contribution in [2.24, 2.45) is 0 Å². The van der Waals surface area contributed by atoms with Gasteiger partial charge in [-0.1, -0.05) is 96.7 Å². The lowest BCUT2D eigenvalue weighted by Crippen LogP contribution is -2.41. The minimum absolute atomic E-state index is 0.256. The van der Waals surface area contributed by atoms with E-state index in [0.717, 1.165) is 22.3 Å². The standard InChI is InChI=1S/C32H34O5/c1-23(2)20-21-33-28-27(35-30-29(28)36-31(3,4)37-30)22-34-32(24-14-8-5-9-15-24,25-16-10-6-11-17-25)26-18-12-7-13-19-26/h5-19,21,27-30H,22H2,1-4H3/t27-,28+,29-,30-/m1/s1. The van der Waals surface area contributed by atoms with E-state index in [2.05, 4.69) is 42.1 Å². The molecule has 5 heteroatoms. The van der Waals surface area contributed by atoms with Gasteiger partial charge in [-0.15, -0.1) is 0 Å². The van der Waals surface area contributed by atoms with E-state index >= 15 is 0 Å². The lowest BCUT2D eigenvalue weighted by Gasteiger charge is -2.37. The molecule has 0 spiro atoms. The van der Waals surface area contributed by atoms with Crippen LogP contribution in [-0.4, -0.2) is 37.0 Å². The van der Waals surface area contributed by atoms with E-state index in [-0.39, 0.29) is 12.7 Å². The summed E-state index contributed by atoms with van der Waals surface area (Å²) in [6.07, 6.45) is -0.158. The summed E-state index contributed by atoms with van der Waals surface area (Å²) in [5.74, 6) is -0.745. The molecule has 5 nitrogen and oxygen atoms in total. The molecule has 0 radical (unpaired) electrons. The van der Waals surface area contributed by atoms with Crippen LogP contribution in [0.4, 0.5) is 0 Å². The summed E-state index contributed by atoms with van der Waals surface area (Å²) in [4.78, 5) is 0. The fourth-order valence-corrected chi connectivity index (χ4v) is 5.05. The fourth-order valence-electron chi connectivity index (χ4n) is 5.05. The Morgan fingerprint density at radius 2 is 1.35 bits per heavy atom. The topological polar surface area (TPSA) is 46.2 Å². The fraction of sp³-hybridized carbons (Fsp3) is 0.344. The molecule has 2 saturated heterocycles. The number of rotatable bonds is 8. The molecular formula is C32H34O5. The Hall–Kier alpha value is -3.18. The molecule has 0 unspecified atom stereocenters. The molecule has 3 aromatic carbocycles. The summed E-state index contributed by atoms with van der Waals surface area (Å²) < 4.78 is 31.7. The van der Waals surface area contributed by atoms with E-state index in [1.165, 1.54) is 0 Å². The molecule has 2 heterocycles. The largest absolute Gasteiger partial charge is 0.484 e. The van der Waals surface area contributed by atoms with Crippen LogP contribution in [0.1, 0.15) is 44.4 Å². The maximum atomic E-state index is 6.99. The second-order valence-electron chi connectivity index (χ2n) is 10.1. The van der Waals surface area contributed by atoms with E-state index in [9.17, 15) is 0 Å². The maximum absolute atomic E-state index is 6.99. The number of hydrogen-bond donors (Lipinski definition) is 0. The lowest BCUT2D eigenvalue weighted by molar-refractivity contribution is -0.223. The first-order valence-electron chi connectivity index (χ1n) is 12.7. The zero-order chi connectivity index (χ0) is 25.9.